The normalized spacial score (nSPS) is 11.5. The van der Waals surface area contributed by atoms with E-state index in [2.05, 4.69) is 15.0 Å². The Morgan fingerprint density at radius 1 is 1.23 bits per heavy atom. The Kier molecular flexibility index (Phi) is 1.52. The van der Waals surface area contributed by atoms with Crippen LogP contribution in [0.2, 0.25) is 5.28 Å². The van der Waals surface area contributed by atoms with E-state index in [0.717, 1.165) is 15.7 Å². The molecule has 0 atom stereocenters. The minimum atomic E-state index is 0.278. The monoisotopic (exact) mass is 227 g/mol. The van der Waals surface area contributed by atoms with Crippen LogP contribution in [0.5, 0.6) is 0 Å². The van der Waals surface area contributed by atoms with Gasteiger partial charge in [0.2, 0.25) is 5.28 Å². The molecule has 0 fully saturated rings. The lowest BCUT2D eigenvalue weighted by molar-refractivity contribution is 1.23. The third-order valence-electron chi connectivity index (χ3n) is 1.69. The molecule has 3 nitrogen and oxygen atoms in total. The van der Waals surface area contributed by atoms with Crippen molar-refractivity contribution in [2.75, 3.05) is 0 Å². The van der Waals surface area contributed by atoms with E-state index in [-0.39, 0.29) is 5.28 Å². The first kappa shape index (κ1) is 7.61. The molecule has 64 valence electrons. The molecule has 6 heteroatoms. The maximum Gasteiger partial charge on any atom is 0.223 e. The first-order valence-electron chi connectivity index (χ1n) is 3.49. The van der Waals surface area contributed by atoms with Crippen molar-refractivity contribution in [1.82, 2.24) is 15.0 Å². The molecule has 3 rings (SSSR count). The third-order valence-corrected chi connectivity index (χ3v) is 3.92. The quantitative estimate of drug-likeness (QED) is 0.555. The lowest BCUT2D eigenvalue weighted by Crippen LogP contribution is -1.79. The van der Waals surface area contributed by atoms with E-state index >= 15 is 0 Å². The number of nitrogens with zero attached hydrogens (tertiary/aromatic N) is 3. The standard InChI is InChI=1S/C7H2ClN3S2/c8-7-9-1-3-4(11-7)5-6(13-3)12-2-10-5/h1-2H. The van der Waals surface area contributed by atoms with Crippen LogP contribution in [0.4, 0.5) is 0 Å². The lowest BCUT2D eigenvalue weighted by Gasteiger charge is -1.87. The Balaban J connectivity index is 2.61. The molecule has 0 aromatic carbocycles. The van der Waals surface area contributed by atoms with Crippen molar-refractivity contribution in [3.05, 3.63) is 17.0 Å². The smallest absolute Gasteiger partial charge is 0.223 e. The Labute approximate surface area is 86.0 Å². The van der Waals surface area contributed by atoms with Crippen molar-refractivity contribution in [3.8, 4) is 0 Å². The maximum atomic E-state index is 5.70. The third kappa shape index (κ3) is 1.04. The topological polar surface area (TPSA) is 38.7 Å². The zero-order chi connectivity index (χ0) is 8.84. The summed E-state index contributed by atoms with van der Waals surface area (Å²) in [5.74, 6) is 0. The summed E-state index contributed by atoms with van der Waals surface area (Å²) in [6.07, 6.45) is 1.74. The number of thiophene rings is 1. The van der Waals surface area contributed by atoms with E-state index in [1.54, 1.807) is 28.9 Å². The predicted molar refractivity (Wildman–Crippen MR) is 55.6 cm³/mol. The summed E-state index contributed by atoms with van der Waals surface area (Å²) < 4.78 is 2.21. The summed E-state index contributed by atoms with van der Waals surface area (Å²) in [6, 6.07) is 0. The minimum Gasteiger partial charge on any atom is -0.241 e. The van der Waals surface area contributed by atoms with Gasteiger partial charge in [-0.2, -0.15) is 0 Å². The first-order chi connectivity index (χ1) is 6.34. The zero-order valence-corrected chi connectivity index (χ0v) is 8.58. The van der Waals surface area contributed by atoms with Crippen molar-refractivity contribution in [2.45, 2.75) is 0 Å². The second-order valence-corrected chi connectivity index (χ2v) is 4.95. The molecule has 0 bridgehead atoms. The van der Waals surface area contributed by atoms with E-state index < -0.39 is 0 Å². The van der Waals surface area contributed by atoms with E-state index in [1.807, 2.05) is 5.51 Å². The Hall–Kier alpha value is -0.780. The molecule has 0 spiro atoms. The van der Waals surface area contributed by atoms with Crippen LogP contribution in [0.15, 0.2) is 11.7 Å². The fourth-order valence-electron chi connectivity index (χ4n) is 1.16. The lowest BCUT2D eigenvalue weighted by atomic mass is 10.4. The number of hydrogen-bond donors (Lipinski definition) is 0. The molecule has 0 N–H and O–H groups in total. The number of hydrogen-bond acceptors (Lipinski definition) is 5. The van der Waals surface area contributed by atoms with E-state index in [4.69, 9.17) is 11.6 Å². The van der Waals surface area contributed by atoms with Crippen LogP contribution in [-0.2, 0) is 0 Å². The highest BCUT2D eigenvalue weighted by molar-refractivity contribution is 7.40. The van der Waals surface area contributed by atoms with E-state index in [0.29, 0.717) is 0 Å². The highest BCUT2D eigenvalue weighted by Gasteiger charge is 2.09. The van der Waals surface area contributed by atoms with Gasteiger partial charge < -0.3 is 0 Å². The van der Waals surface area contributed by atoms with Gasteiger partial charge in [0.25, 0.3) is 0 Å². The highest BCUT2D eigenvalue weighted by atomic mass is 35.5. The van der Waals surface area contributed by atoms with Gasteiger partial charge in [0, 0.05) is 6.20 Å². The van der Waals surface area contributed by atoms with Crippen LogP contribution in [0.25, 0.3) is 19.7 Å². The fraction of sp³-hybridized carbons (Fsp3) is 0. The fourth-order valence-corrected chi connectivity index (χ4v) is 3.19. The van der Waals surface area contributed by atoms with Crippen molar-refractivity contribution in [1.29, 1.82) is 0 Å². The summed E-state index contributed by atoms with van der Waals surface area (Å²) >= 11 is 8.97. The summed E-state index contributed by atoms with van der Waals surface area (Å²) in [6.45, 7) is 0. The number of halogens is 1. The summed E-state index contributed by atoms with van der Waals surface area (Å²) in [7, 11) is 0. The average molecular weight is 228 g/mol. The van der Waals surface area contributed by atoms with Crippen LogP contribution < -0.4 is 0 Å². The molecule has 3 heterocycles. The van der Waals surface area contributed by atoms with Crippen molar-refractivity contribution >= 4 is 54.0 Å². The maximum absolute atomic E-state index is 5.70. The molecule has 3 aromatic rings. The molecule has 0 saturated carbocycles. The van der Waals surface area contributed by atoms with Gasteiger partial charge in [-0.05, 0) is 11.6 Å². The molecular formula is C7H2ClN3S2. The van der Waals surface area contributed by atoms with Gasteiger partial charge in [0.05, 0.1) is 10.2 Å². The molecule has 0 saturated heterocycles. The highest BCUT2D eigenvalue weighted by Crippen LogP contribution is 2.33. The van der Waals surface area contributed by atoms with Gasteiger partial charge in [-0.15, -0.1) is 22.7 Å². The second kappa shape index (κ2) is 2.60. The molecule has 3 aromatic heterocycles. The van der Waals surface area contributed by atoms with E-state index in [1.165, 1.54) is 4.01 Å². The van der Waals surface area contributed by atoms with Crippen LogP contribution in [-0.4, -0.2) is 15.0 Å². The zero-order valence-electron chi connectivity index (χ0n) is 6.19. The Morgan fingerprint density at radius 3 is 3.08 bits per heavy atom. The van der Waals surface area contributed by atoms with Gasteiger partial charge in [-0.25, -0.2) is 15.0 Å². The molecular weight excluding hydrogens is 226 g/mol. The molecule has 0 amide bonds. The van der Waals surface area contributed by atoms with Gasteiger partial charge >= 0.3 is 0 Å². The van der Waals surface area contributed by atoms with Gasteiger partial charge in [-0.1, -0.05) is 0 Å². The molecule has 13 heavy (non-hydrogen) atoms. The second-order valence-electron chi connectivity index (χ2n) is 2.44. The van der Waals surface area contributed by atoms with E-state index in [9.17, 15) is 0 Å². The number of fused-ring (bicyclic) bond motifs is 3. The number of thiazole rings is 1. The summed E-state index contributed by atoms with van der Waals surface area (Å²) in [5, 5.41) is 0.278. The minimum absolute atomic E-state index is 0.278. The first-order valence-corrected chi connectivity index (χ1v) is 5.56. The van der Waals surface area contributed by atoms with Gasteiger partial charge in [-0.3, -0.25) is 0 Å². The predicted octanol–water partition coefficient (Wildman–Crippen LogP) is 2.95. The molecule has 0 aliphatic carbocycles. The van der Waals surface area contributed by atoms with Crippen molar-refractivity contribution in [3.63, 3.8) is 0 Å². The molecule has 0 aliphatic rings. The van der Waals surface area contributed by atoms with Gasteiger partial charge in [0.1, 0.15) is 15.0 Å². The number of rotatable bonds is 0. The molecule has 0 aliphatic heterocycles. The SMILES string of the molecule is Clc1ncc2sc3scnc3c2n1. The average Bonchev–Trinajstić information content (AvgIpc) is 2.64. The summed E-state index contributed by atoms with van der Waals surface area (Å²) in [5.41, 5.74) is 3.62. The van der Waals surface area contributed by atoms with Crippen molar-refractivity contribution < 1.29 is 0 Å². The van der Waals surface area contributed by atoms with Gasteiger partial charge in [0.15, 0.2) is 0 Å². The van der Waals surface area contributed by atoms with Crippen LogP contribution in [0.1, 0.15) is 0 Å². The van der Waals surface area contributed by atoms with Crippen molar-refractivity contribution in [2.24, 2.45) is 0 Å². The van der Waals surface area contributed by atoms with Crippen LogP contribution >= 0.6 is 34.3 Å². The van der Waals surface area contributed by atoms with Crippen LogP contribution in [0.3, 0.4) is 0 Å². The van der Waals surface area contributed by atoms with Crippen LogP contribution in [0, 0.1) is 0 Å². The summed E-state index contributed by atoms with van der Waals surface area (Å²) in [4.78, 5) is 12.3. The largest absolute Gasteiger partial charge is 0.241 e. The molecule has 0 radical (unpaired) electrons. The Morgan fingerprint density at radius 2 is 2.15 bits per heavy atom. The Bertz CT molecular complexity index is 585. The molecule has 0 unspecified atom stereocenters. The number of aromatic nitrogens is 3.